The molecule has 2 heterocycles. The average Bonchev–Trinajstić information content (AvgIpc) is 3.31. The molecule has 2 aromatic rings. The summed E-state index contributed by atoms with van der Waals surface area (Å²) in [6.07, 6.45) is 29.0. The van der Waals surface area contributed by atoms with Crippen LogP contribution >= 0.6 is 22.7 Å². The van der Waals surface area contributed by atoms with E-state index in [0.29, 0.717) is 0 Å². The normalized spacial score (nSPS) is 21.7. The van der Waals surface area contributed by atoms with Crippen molar-refractivity contribution in [3.8, 4) is 0 Å². The van der Waals surface area contributed by atoms with Crippen LogP contribution < -0.4 is 0 Å². The van der Waals surface area contributed by atoms with Crippen LogP contribution in [0.1, 0.15) is 149 Å². The van der Waals surface area contributed by atoms with Crippen LogP contribution in [0, 0.1) is 12.8 Å². The smallest absolute Gasteiger partial charge is 0.0491 e. The molecule has 0 unspecified atom stereocenters. The quantitative estimate of drug-likeness (QED) is 0.415. The van der Waals surface area contributed by atoms with Crippen LogP contribution in [0.5, 0.6) is 0 Å². The number of rotatable bonds is 4. The summed E-state index contributed by atoms with van der Waals surface area (Å²) in [7, 11) is 0. The van der Waals surface area contributed by atoms with Crippen molar-refractivity contribution in [2.24, 2.45) is 5.92 Å². The largest absolute Gasteiger partial charge is 0.139 e. The van der Waals surface area contributed by atoms with Crippen molar-refractivity contribution in [3.63, 3.8) is 0 Å². The van der Waals surface area contributed by atoms with Gasteiger partial charge in [-0.2, -0.15) is 0 Å². The predicted molar refractivity (Wildman–Crippen MR) is 147 cm³/mol. The minimum Gasteiger partial charge on any atom is -0.139 e. The highest BCUT2D eigenvalue weighted by Gasteiger charge is 2.25. The van der Waals surface area contributed by atoms with E-state index in [1.54, 1.807) is 30.3 Å². The summed E-state index contributed by atoms with van der Waals surface area (Å²) < 4.78 is 3.41. The molecule has 0 aliphatic heterocycles. The molecule has 2 aliphatic carbocycles. The zero-order chi connectivity index (χ0) is 22.2. The second-order valence-corrected chi connectivity index (χ2v) is 13.2. The first kappa shape index (κ1) is 24.8. The fourth-order valence-electron chi connectivity index (χ4n) is 6.51. The van der Waals surface area contributed by atoms with E-state index in [1.165, 1.54) is 128 Å². The minimum absolute atomic E-state index is 0.846. The van der Waals surface area contributed by atoms with Crippen molar-refractivity contribution in [2.75, 3.05) is 0 Å². The summed E-state index contributed by atoms with van der Waals surface area (Å²) in [5.74, 6) is 1.77. The van der Waals surface area contributed by atoms with Crippen LogP contribution in [0.2, 0.25) is 0 Å². The molecule has 0 amide bonds. The van der Waals surface area contributed by atoms with E-state index < -0.39 is 0 Å². The zero-order valence-electron chi connectivity index (χ0n) is 21.1. The highest BCUT2D eigenvalue weighted by Crippen LogP contribution is 2.47. The van der Waals surface area contributed by atoms with Crippen molar-refractivity contribution in [2.45, 2.75) is 148 Å². The van der Waals surface area contributed by atoms with Gasteiger partial charge in [0.2, 0.25) is 0 Å². The summed E-state index contributed by atoms with van der Waals surface area (Å²) in [6, 6.07) is 0. The molecule has 0 radical (unpaired) electrons. The van der Waals surface area contributed by atoms with Crippen LogP contribution in [-0.4, -0.2) is 0 Å². The molecule has 2 saturated carbocycles. The molecule has 0 aromatic carbocycles. The van der Waals surface area contributed by atoms with Crippen molar-refractivity contribution in [1.29, 1.82) is 0 Å². The Morgan fingerprint density at radius 3 is 1.59 bits per heavy atom. The van der Waals surface area contributed by atoms with Gasteiger partial charge in [-0.1, -0.05) is 110 Å². The molecule has 0 saturated heterocycles. The molecule has 0 nitrogen and oxygen atoms in total. The van der Waals surface area contributed by atoms with Crippen LogP contribution in [-0.2, 0) is 12.8 Å². The third-order valence-corrected chi connectivity index (χ3v) is 11.3. The summed E-state index contributed by atoms with van der Waals surface area (Å²) in [6.45, 7) is 4.84. The Bertz CT molecular complexity index is 789. The fourth-order valence-corrected chi connectivity index (χ4v) is 9.66. The van der Waals surface area contributed by atoms with Crippen LogP contribution in [0.25, 0.3) is 9.40 Å². The zero-order valence-corrected chi connectivity index (χ0v) is 22.7. The lowest BCUT2D eigenvalue weighted by Gasteiger charge is -2.17. The molecule has 0 atom stereocenters. The van der Waals surface area contributed by atoms with Gasteiger partial charge in [0.05, 0.1) is 0 Å². The number of hydrogen-bond donors (Lipinski definition) is 0. The summed E-state index contributed by atoms with van der Waals surface area (Å²) in [5, 5.41) is 0. The number of aryl methyl sites for hydroxylation is 2. The molecule has 2 aromatic heterocycles. The third-order valence-electron chi connectivity index (χ3n) is 8.49. The molecule has 32 heavy (non-hydrogen) atoms. The van der Waals surface area contributed by atoms with Gasteiger partial charge in [0.25, 0.3) is 0 Å². The summed E-state index contributed by atoms with van der Waals surface area (Å²) in [5.41, 5.74) is 3.51. The van der Waals surface area contributed by atoms with Gasteiger partial charge in [0.1, 0.15) is 0 Å². The SMILES string of the molecule is CCc1c(C2CCCCCCCC2)sc2c(CC3CCCCCCCCCC3)c(C)sc12. The molecule has 2 aliphatic rings. The van der Waals surface area contributed by atoms with Crippen molar-refractivity contribution < 1.29 is 0 Å². The van der Waals surface area contributed by atoms with Gasteiger partial charge in [0, 0.05) is 19.2 Å². The Balaban J connectivity index is 1.56. The summed E-state index contributed by atoms with van der Waals surface area (Å²) >= 11 is 4.39. The predicted octanol–water partition coefficient (Wildman–Crippen LogP) is 11.1. The maximum absolute atomic E-state index is 2.43. The fraction of sp³-hybridized carbons (Fsp3) is 0.800. The monoisotopic (exact) mass is 472 g/mol. The highest BCUT2D eigenvalue weighted by atomic mass is 32.1. The summed E-state index contributed by atoms with van der Waals surface area (Å²) in [4.78, 5) is 3.44. The van der Waals surface area contributed by atoms with E-state index in [9.17, 15) is 0 Å². The molecule has 0 N–H and O–H groups in total. The van der Waals surface area contributed by atoms with Crippen LogP contribution in [0.15, 0.2) is 0 Å². The first-order valence-electron chi connectivity index (χ1n) is 14.3. The standard InChI is InChI=1S/C30H48S2/c1-3-26-28(25-20-16-12-8-9-13-17-21-25)32-30-27(23(2)31-29(26)30)22-24-18-14-10-6-4-5-7-11-15-19-24/h24-25H,3-22H2,1-2H3. The van der Waals surface area contributed by atoms with Gasteiger partial charge in [-0.05, 0) is 55.6 Å². The van der Waals surface area contributed by atoms with Crippen molar-refractivity contribution >= 4 is 32.1 Å². The second-order valence-electron chi connectivity index (χ2n) is 11.0. The van der Waals surface area contributed by atoms with E-state index in [4.69, 9.17) is 0 Å². The molecule has 0 spiro atoms. The molecule has 2 heteroatoms. The maximum atomic E-state index is 2.43. The van der Waals surface area contributed by atoms with E-state index in [2.05, 4.69) is 36.5 Å². The first-order chi connectivity index (χ1) is 15.8. The van der Waals surface area contributed by atoms with Gasteiger partial charge in [0.15, 0.2) is 0 Å². The average molecular weight is 473 g/mol. The Labute approximate surface area is 206 Å². The first-order valence-corrected chi connectivity index (χ1v) is 15.9. The minimum atomic E-state index is 0.846. The highest BCUT2D eigenvalue weighted by molar-refractivity contribution is 7.28. The maximum Gasteiger partial charge on any atom is 0.0491 e. The molecule has 2 fully saturated rings. The number of thiophene rings is 2. The Kier molecular flexibility index (Phi) is 10.0. The van der Waals surface area contributed by atoms with E-state index in [0.717, 1.165) is 11.8 Å². The van der Waals surface area contributed by atoms with Gasteiger partial charge < -0.3 is 0 Å². The second kappa shape index (κ2) is 12.9. The molecular formula is C30H48S2. The van der Waals surface area contributed by atoms with Gasteiger partial charge in [-0.25, -0.2) is 0 Å². The van der Waals surface area contributed by atoms with Crippen LogP contribution in [0.3, 0.4) is 0 Å². The molecule has 180 valence electrons. The van der Waals surface area contributed by atoms with Crippen molar-refractivity contribution in [3.05, 3.63) is 20.9 Å². The molecule has 0 bridgehead atoms. The Morgan fingerprint density at radius 2 is 1.06 bits per heavy atom. The third kappa shape index (κ3) is 6.41. The van der Waals surface area contributed by atoms with E-state index in [-0.39, 0.29) is 0 Å². The lowest BCUT2D eigenvalue weighted by atomic mass is 9.89. The van der Waals surface area contributed by atoms with Crippen molar-refractivity contribution in [1.82, 2.24) is 0 Å². The van der Waals surface area contributed by atoms with E-state index >= 15 is 0 Å². The lowest BCUT2D eigenvalue weighted by molar-refractivity contribution is 0.412. The Morgan fingerprint density at radius 1 is 0.594 bits per heavy atom. The number of fused-ring (bicyclic) bond motifs is 1. The topological polar surface area (TPSA) is 0 Å². The molecule has 4 rings (SSSR count). The molecular weight excluding hydrogens is 424 g/mol. The van der Waals surface area contributed by atoms with Gasteiger partial charge >= 0.3 is 0 Å². The number of hydrogen-bond acceptors (Lipinski definition) is 2. The van der Waals surface area contributed by atoms with Gasteiger partial charge in [-0.3, -0.25) is 0 Å². The van der Waals surface area contributed by atoms with Gasteiger partial charge in [-0.15, -0.1) is 22.7 Å². The van der Waals surface area contributed by atoms with E-state index in [1.807, 2.05) is 0 Å². The van der Waals surface area contributed by atoms with Crippen LogP contribution in [0.4, 0.5) is 0 Å². The Hall–Kier alpha value is -0.340. The lowest BCUT2D eigenvalue weighted by Crippen LogP contribution is -2.05.